The molecule has 2 aromatic rings. The zero-order chi connectivity index (χ0) is 17.4. The Morgan fingerprint density at radius 2 is 1.84 bits per heavy atom. The first-order valence-electron chi connectivity index (χ1n) is 8.54. The molecule has 0 atom stereocenters. The predicted molar refractivity (Wildman–Crippen MR) is 96.2 cm³/mol. The lowest BCUT2D eigenvalue weighted by Gasteiger charge is -2.21. The highest BCUT2D eigenvalue weighted by Gasteiger charge is 2.48. The second kappa shape index (κ2) is 5.92. The number of benzene rings is 2. The number of rotatable bonds is 3. The van der Waals surface area contributed by atoms with Gasteiger partial charge in [0.2, 0.25) is 5.91 Å². The summed E-state index contributed by atoms with van der Waals surface area (Å²) in [6.45, 7) is 0. The fraction of sp³-hybridized carbons (Fsp3) is 0.300. The minimum absolute atomic E-state index is 0.0960. The average Bonchev–Trinajstić information content (AvgIpc) is 3.23. The molecule has 1 fully saturated rings. The van der Waals surface area contributed by atoms with Crippen molar-refractivity contribution in [2.45, 2.75) is 31.1 Å². The normalized spacial score (nSPS) is 17.2. The summed E-state index contributed by atoms with van der Waals surface area (Å²) < 4.78 is 5.11. The maximum absolute atomic E-state index is 12.5. The fourth-order valence-electron chi connectivity index (χ4n) is 3.91. The number of anilines is 2. The van der Waals surface area contributed by atoms with E-state index in [-0.39, 0.29) is 11.8 Å². The van der Waals surface area contributed by atoms with Gasteiger partial charge in [-0.25, -0.2) is 0 Å². The van der Waals surface area contributed by atoms with E-state index in [1.807, 2.05) is 18.2 Å². The standard InChI is InChI=1S/C20H20N2O3/c1-25-15-7-4-13(5-8-15)18(23)21-14-6-9-17-16(12-14)20(19(24)22-17)10-2-3-11-20/h4-9,12H,2-3,10-11H2,1H3,(H,21,23)(H,22,24). The Morgan fingerprint density at radius 3 is 2.52 bits per heavy atom. The molecule has 0 radical (unpaired) electrons. The molecule has 5 heteroatoms. The molecule has 2 aromatic carbocycles. The number of fused-ring (bicyclic) bond motifs is 2. The highest BCUT2D eigenvalue weighted by Crippen LogP contribution is 2.49. The summed E-state index contributed by atoms with van der Waals surface area (Å²) in [6.07, 6.45) is 3.88. The molecule has 1 aliphatic heterocycles. The Labute approximate surface area is 146 Å². The molecule has 25 heavy (non-hydrogen) atoms. The van der Waals surface area contributed by atoms with E-state index in [1.165, 1.54) is 0 Å². The SMILES string of the molecule is COc1ccc(C(=O)Nc2ccc3c(c2)C2(CCCC2)C(=O)N3)cc1. The first kappa shape index (κ1) is 15.7. The van der Waals surface area contributed by atoms with Crippen LogP contribution in [0, 0.1) is 0 Å². The summed E-state index contributed by atoms with van der Waals surface area (Å²) in [5.74, 6) is 0.626. The van der Waals surface area contributed by atoms with E-state index in [1.54, 1.807) is 31.4 Å². The first-order valence-corrected chi connectivity index (χ1v) is 8.54. The molecule has 1 aliphatic carbocycles. The Kier molecular flexibility index (Phi) is 3.71. The van der Waals surface area contributed by atoms with Crippen LogP contribution in [0.3, 0.4) is 0 Å². The van der Waals surface area contributed by atoms with Gasteiger partial charge in [-0.3, -0.25) is 9.59 Å². The minimum Gasteiger partial charge on any atom is -0.497 e. The number of amides is 2. The van der Waals surface area contributed by atoms with Crippen LogP contribution in [0.1, 0.15) is 41.6 Å². The van der Waals surface area contributed by atoms with Crippen LogP contribution in [0.4, 0.5) is 11.4 Å². The van der Waals surface area contributed by atoms with Gasteiger partial charge >= 0.3 is 0 Å². The predicted octanol–water partition coefficient (Wildman–Crippen LogP) is 3.71. The summed E-state index contributed by atoms with van der Waals surface area (Å²) in [7, 11) is 1.59. The molecule has 0 aromatic heterocycles. The van der Waals surface area contributed by atoms with Crippen molar-refractivity contribution >= 4 is 23.2 Å². The van der Waals surface area contributed by atoms with E-state index in [2.05, 4.69) is 10.6 Å². The Hall–Kier alpha value is -2.82. The van der Waals surface area contributed by atoms with Gasteiger partial charge in [0.15, 0.2) is 0 Å². The maximum atomic E-state index is 12.5. The molecule has 5 nitrogen and oxygen atoms in total. The van der Waals surface area contributed by atoms with E-state index < -0.39 is 5.41 Å². The van der Waals surface area contributed by atoms with Crippen LogP contribution in [0.5, 0.6) is 5.75 Å². The summed E-state index contributed by atoms with van der Waals surface area (Å²) in [5, 5.41) is 5.92. The van der Waals surface area contributed by atoms with Gasteiger partial charge in [0.1, 0.15) is 5.75 Å². The Balaban J connectivity index is 1.59. The van der Waals surface area contributed by atoms with Crippen LogP contribution >= 0.6 is 0 Å². The number of ether oxygens (including phenoxy) is 1. The third-order valence-electron chi connectivity index (χ3n) is 5.29. The Bertz CT molecular complexity index is 837. The van der Waals surface area contributed by atoms with Crippen molar-refractivity contribution in [3.63, 3.8) is 0 Å². The highest BCUT2D eigenvalue weighted by molar-refractivity contribution is 6.08. The minimum atomic E-state index is -0.407. The monoisotopic (exact) mass is 336 g/mol. The molecule has 1 spiro atoms. The molecule has 128 valence electrons. The molecular weight excluding hydrogens is 316 g/mol. The van der Waals surface area contributed by atoms with E-state index in [0.29, 0.717) is 17.0 Å². The van der Waals surface area contributed by atoms with Crippen LogP contribution in [0.25, 0.3) is 0 Å². The van der Waals surface area contributed by atoms with Gasteiger partial charge < -0.3 is 15.4 Å². The van der Waals surface area contributed by atoms with Gasteiger partial charge in [0.05, 0.1) is 12.5 Å². The van der Waals surface area contributed by atoms with Crippen molar-refractivity contribution in [3.05, 3.63) is 53.6 Å². The lowest BCUT2D eigenvalue weighted by atomic mass is 9.80. The zero-order valence-corrected chi connectivity index (χ0v) is 14.1. The second-order valence-electron chi connectivity index (χ2n) is 6.69. The van der Waals surface area contributed by atoms with E-state index >= 15 is 0 Å². The van der Waals surface area contributed by atoms with Crippen LogP contribution in [0.15, 0.2) is 42.5 Å². The van der Waals surface area contributed by atoms with E-state index in [9.17, 15) is 9.59 Å². The van der Waals surface area contributed by atoms with Gasteiger partial charge in [0.25, 0.3) is 5.91 Å². The summed E-state index contributed by atoms with van der Waals surface area (Å²) in [6, 6.07) is 12.6. The third kappa shape index (κ3) is 2.56. The fourth-order valence-corrected chi connectivity index (χ4v) is 3.91. The number of nitrogens with one attached hydrogen (secondary N) is 2. The molecule has 0 saturated heterocycles. The van der Waals surface area contributed by atoms with Crippen molar-refractivity contribution in [2.24, 2.45) is 0 Å². The number of carbonyl (C=O) groups excluding carboxylic acids is 2. The van der Waals surface area contributed by atoms with E-state index in [4.69, 9.17) is 4.74 Å². The molecule has 2 aliphatic rings. The summed E-state index contributed by atoms with van der Waals surface area (Å²) in [5.41, 5.74) is 2.75. The molecule has 4 rings (SSSR count). The third-order valence-corrected chi connectivity index (χ3v) is 5.29. The van der Waals surface area contributed by atoms with E-state index in [0.717, 1.165) is 36.9 Å². The topological polar surface area (TPSA) is 67.4 Å². The Morgan fingerprint density at radius 1 is 1.12 bits per heavy atom. The number of carbonyl (C=O) groups is 2. The molecule has 1 saturated carbocycles. The molecule has 2 N–H and O–H groups in total. The van der Waals surface area contributed by atoms with Gasteiger partial charge in [-0.15, -0.1) is 0 Å². The zero-order valence-electron chi connectivity index (χ0n) is 14.1. The first-order chi connectivity index (χ1) is 12.1. The average molecular weight is 336 g/mol. The highest BCUT2D eigenvalue weighted by atomic mass is 16.5. The van der Waals surface area contributed by atoms with Crippen molar-refractivity contribution in [1.29, 1.82) is 0 Å². The number of hydrogen-bond donors (Lipinski definition) is 2. The lowest BCUT2D eigenvalue weighted by Crippen LogP contribution is -2.31. The molecule has 2 amide bonds. The van der Waals surface area contributed by atoms with Crippen LogP contribution in [-0.4, -0.2) is 18.9 Å². The maximum Gasteiger partial charge on any atom is 0.255 e. The number of hydrogen-bond acceptors (Lipinski definition) is 3. The molecule has 1 heterocycles. The van der Waals surface area contributed by atoms with Crippen LogP contribution in [-0.2, 0) is 10.2 Å². The van der Waals surface area contributed by atoms with Gasteiger partial charge in [-0.2, -0.15) is 0 Å². The smallest absolute Gasteiger partial charge is 0.255 e. The lowest BCUT2D eigenvalue weighted by molar-refractivity contribution is -0.120. The van der Waals surface area contributed by atoms with Gasteiger partial charge in [-0.05, 0) is 60.9 Å². The molecular formula is C20H20N2O3. The van der Waals surface area contributed by atoms with Crippen molar-refractivity contribution < 1.29 is 14.3 Å². The van der Waals surface area contributed by atoms with Crippen molar-refractivity contribution in [3.8, 4) is 5.75 Å². The largest absolute Gasteiger partial charge is 0.497 e. The summed E-state index contributed by atoms with van der Waals surface area (Å²) >= 11 is 0. The second-order valence-corrected chi connectivity index (χ2v) is 6.69. The van der Waals surface area contributed by atoms with Gasteiger partial charge in [0, 0.05) is 16.9 Å². The van der Waals surface area contributed by atoms with Crippen molar-refractivity contribution in [1.82, 2.24) is 0 Å². The van der Waals surface area contributed by atoms with Crippen molar-refractivity contribution in [2.75, 3.05) is 17.7 Å². The summed E-state index contributed by atoms with van der Waals surface area (Å²) in [4.78, 5) is 24.9. The van der Waals surface area contributed by atoms with Crippen LogP contribution in [0.2, 0.25) is 0 Å². The number of methoxy groups -OCH3 is 1. The quantitative estimate of drug-likeness (QED) is 0.898. The molecule has 0 bridgehead atoms. The van der Waals surface area contributed by atoms with Crippen LogP contribution < -0.4 is 15.4 Å². The molecule has 0 unspecified atom stereocenters. The van der Waals surface area contributed by atoms with Gasteiger partial charge in [-0.1, -0.05) is 12.8 Å².